The standard InChI is InChI=1S/C20H17N5O5/c1-12-3-5-13(6-4-12)17-21-16(23-30-17)11-24-18(26)20(2,22-19(24)27)14-7-9-15(10-8-14)25(28)29/h3-10H,11H2,1-2H3,(H,22,27). The van der Waals surface area contributed by atoms with Gasteiger partial charge in [-0.25, -0.2) is 4.79 Å². The number of carbonyl (C=O) groups is 2. The molecule has 0 radical (unpaired) electrons. The van der Waals surface area contributed by atoms with Gasteiger partial charge in [0.25, 0.3) is 17.5 Å². The van der Waals surface area contributed by atoms with Crippen LogP contribution in [0.3, 0.4) is 0 Å². The number of rotatable bonds is 5. The van der Waals surface area contributed by atoms with Crippen molar-refractivity contribution in [1.82, 2.24) is 20.4 Å². The quantitative estimate of drug-likeness (QED) is 0.391. The minimum Gasteiger partial charge on any atom is -0.334 e. The third-order valence-electron chi connectivity index (χ3n) is 5.00. The van der Waals surface area contributed by atoms with Crippen LogP contribution >= 0.6 is 0 Å². The molecule has 4 rings (SSSR count). The number of nitrogens with one attached hydrogen (secondary N) is 1. The fourth-order valence-corrected chi connectivity index (χ4v) is 3.23. The van der Waals surface area contributed by atoms with Crippen molar-refractivity contribution in [3.8, 4) is 11.5 Å². The van der Waals surface area contributed by atoms with Crippen molar-refractivity contribution in [2.24, 2.45) is 0 Å². The van der Waals surface area contributed by atoms with Crippen LogP contribution in [-0.4, -0.2) is 31.9 Å². The minimum absolute atomic E-state index is 0.105. The number of aromatic nitrogens is 2. The largest absolute Gasteiger partial charge is 0.334 e. The first kappa shape index (κ1) is 19.2. The van der Waals surface area contributed by atoms with E-state index in [1.54, 1.807) is 6.92 Å². The van der Waals surface area contributed by atoms with E-state index in [-0.39, 0.29) is 23.9 Å². The van der Waals surface area contributed by atoms with Crippen LogP contribution in [0.4, 0.5) is 10.5 Å². The van der Waals surface area contributed by atoms with E-state index >= 15 is 0 Å². The molecule has 0 spiro atoms. The lowest BCUT2D eigenvalue weighted by atomic mass is 9.92. The van der Waals surface area contributed by atoms with Crippen LogP contribution in [-0.2, 0) is 16.9 Å². The number of imide groups is 1. The van der Waals surface area contributed by atoms with Crippen LogP contribution in [0, 0.1) is 17.0 Å². The molecule has 3 aromatic rings. The zero-order valence-corrected chi connectivity index (χ0v) is 16.2. The van der Waals surface area contributed by atoms with E-state index in [9.17, 15) is 19.7 Å². The fourth-order valence-electron chi connectivity index (χ4n) is 3.23. The maximum atomic E-state index is 13.0. The van der Waals surface area contributed by atoms with Crippen molar-refractivity contribution in [2.45, 2.75) is 25.9 Å². The Balaban J connectivity index is 1.54. The Bertz CT molecular complexity index is 1140. The number of nitro groups is 1. The lowest BCUT2D eigenvalue weighted by Crippen LogP contribution is -2.40. The second-order valence-electron chi connectivity index (χ2n) is 7.13. The molecule has 1 aliphatic heterocycles. The summed E-state index contributed by atoms with van der Waals surface area (Å²) in [6.45, 7) is 3.34. The minimum atomic E-state index is -1.35. The van der Waals surface area contributed by atoms with Crippen LogP contribution in [0.25, 0.3) is 11.5 Å². The average molecular weight is 407 g/mol. The first-order valence-electron chi connectivity index (χ1n) is 9.06. The molecule has 0 saturated carbocycles. The summed E-state index contributed by atoms with van der Waals surface area (Å²) in [6, 6.07) is 12.4. The van der Waals surface area contributed by atoms with Crippen LogP contribution in [0.1, 0.15) is 23.9 Å². The Morgan fingerprint density at radius 2 is 1.80 bits per heavy atom. The molecule has 1 aliphatic rings. The van der Waals surface area contributed by atoms with Gasteiger partial charge in [0.2, 0.25) is 0 Å². The molecule has 10 heteroatoms. The number of aryl methyl sites for hydroxylation is 1. The summed E-state index contributed by atoms with van der Waals surface area (Å²) in [6.07, 6.45) is 0. The molecule has 3 amide bonds. The smallest absolute Gasteiger partial charge is 0.325 e. The van der Waals surface area contributed by atoms with E-state index in [4.69, 9.17) is 4.52 Å². The zero-order chi connectivity index (χ0) is 21.5. The number of non-ortho nitro benzene ring substituents is 1. The van der Waals surface area contributed by atoms with Crippen LogP contribution in [0.2, 0.25) is 0 Å². The van der Waals surface area contributed by atoms with Gasteiger partial charge >= 0.3 is 6.03 Å². The van der Waals surface area contributed by atoms with E-state index < -0.39 is 22.4 Å². The van der Waals surface area contributed by atoms with Crippen LogP contribution < -0.4 is 5.32 Å². The normalized spacial score (nSPS) is 18.5. The highest BCUT2D eigenvalue weighted by molar-refractivity contribution is 6.07. The van der Waals surface area contributed by atoms with Crippen molar-refractivity contribution in [2.75, 3.05) is 0 Å². The van der Waals surface area contributed by atoms with E-state index in [1.807, 2.05) is 31.2 Å². The number of amides is 3. The van der Waals surface area contributed by atoms with E-state index in [1.165, 1.54) is 24.3 Å². The van der Waals surface area contributed by atoms with E-state index in [0.29, 0.717) is 5.56 Å². The van der Waals surface area contributed by atoms with Crippen molar-refractivity contribution >= 4 is 17.6 Å². The summed E-state index contributed by atoms with van der Waals surface area (Å²) < 4.78 is 5.25. The van der Waals surface area contributed by atoms with Gasteiger partial charge in [0.05, 0.1) is 11.5 Å². The Morgan fingerprint density at radius 1 is 1.13 bits per heavy atom. The second-order valence-corrected chi connectivity index (χ2v) is 7.13. The number of nitrogens with zero attached hydrogens (tertiary/aromatic N) is 4. The summed E-state index contributed by atoms with van der Waals surface area (Å²) in [5.74, 6) is -0.0414. The maximum absolute atomic E-state index is 13.0. The van der Waals surface area contributed by atoms with Crippen molar-refractivity contribution in [1.29, 1.82) is 0 Å². The van der Waals surface area contributed by atoms with E-state index in [0.717, 1.165) is 16.0 Å². The van der Waals surface area contributed by atoms with E-state index in [2.05, 4.69) is 15.5 Å². The summed E-state index contributed by atoms with van der Waals surface area (Å²) in [7, 11) is 0. The third kappa shape index (κ3) is 3.28. The van der Waals surface area contributed by atoms with Gasteiger partial charge in [-0.1, -0.05) is 22.9 Å². The highest BCUT2D eigenvalue weighted by Gasteiger charge is 2.49. The van der Waals surface area contributed by atoms with Gasteiger partial charge in [-0.15, -0.1) is 0 Å². The average Bonchev–Trinajstić information content (AvgIpc) is 3.28. The molecule has 2 heterocycles. The number of carbonyl (C=O) groups excluding carboxylic acids is 2. The number of hydrogen-bond acceptors (Lipinski definition) is 7. The van der Waals surface area contributed by atoms with Gasteiger partial charge in [0, 0.05) is 17.7 Å². The lowest BCUT2D eigenvalue weighted by molar-refractivity contribution is -0.384. The summed E-state index contributed by atoms with van der Waals surface area (Å²) >= 11 is 0. The summed E-state index contributed by atoms with van der Waals surface area (Å²) in [5.41, 5.74) is 0.792. The van der Waals surface area contributed by atoms with Gasteiger partial charge in [-0.05, 0) is 43.7 Å². The van der Waals surface area contributed by atoms with Gasteiger partial charge in [0.1, 0.15) is 5.54 Å². The molecule has 1 saturated heterocycles. The second kappa shape index (κ2) is 7.07. The van der Waals surface area contributed by atoms with Gasteiger partial charge < -0.3 is 9.84 Å². The Kier molecular flexibility index (Phi) is 4.53. The molecule has 0 bridgehead atoms. The molecule has 1 fully saturated rings. The predicted octanol–water partition coefficient (Wildman–Crippen LogP) is 2.92. The SMILES string of the molecule is Cc1ccc(-c2nc(CN3C(=O)NC(C)(c4ccc([N+](=O)[O-])cc4)C3=O)no2)cc1. The zero-order valence-electron chi connectivity index (χ0n) is 16.2. The van der Waals surface area contributed by atoms with Crippen molar-refractivity contribution < 1.29 is 19.0 Å². The number of urea groups is 1. The third-order valence-corrected chi connectivity index (χ3v) is 5.00. The molecular weight excluding hydrogens is 390 g/mol. The monoisotopic (exact) mass is 407 g/mol. The first-order chi connectivity index (χ1) is 14.3. The van der Waals surface area contributed by atoms with Crippen molar-refractivity contribution in [3.05, 3.63) is 75.6 Å². The molecule has 0 aliphatic carbocycles. The molecule has 1 aromatic heterocycles. The topological polar surface area (TPSA) is 131 Å². The molecule has 152 valence electrons. The molecular formula is C20H17N5O5. The Labute approximate surface area is 170 Å². The number of hydrogen-bond donors (Lipinski definition) is 1. The summed E-state index contributed by atoms with van der Waals surface area (Å²) in [4.78, 5) is 41.0. The number of benzene rings is 2. The molecule has 1 atom stereocenters. The van der Waals surface area contributed by atoms with Crippen LogP contribution in [0.5, 0.6) is 0 Å². The van der Waals surface area contributed by atoms with Gasteiger partial charge in [-0.2, -0.15) is 4.98 Å². The molecule has 2 aromatic carbocycles. The van der Waals surface area contributed by atoms with Crippen LogP contribution in [0.15, 0.2) is 53.1 Å². The summed E-state index contributed by atoms with van der Waals surface area (Å²) in [5, 5.41) is 17.3. The first-order valence-corrected chi connectivity index (χ1v) is 9.06. The highest BCUT2D eigenvalue weighted by atomic mass is 16.6. The molecule has 10 nitrogen and oxygen atoms in total. The number of nitro benzene ring substituents is 1. The Morgan fingerprint density at radius 3 is 2.43 bits per heavy atom. The lowest BCUT2D eigenvalue weighted by Gasteiger charge is -2.21. The predicted molar refractivity (Wildman–Crippen MR) is 104 cm³/mol. The highest BCUT2D eigenvalue weighted by Crippen LogP contribution is 2.31. The van der Waals surface area contributed by atoms with Crippen molar-refractivity contribution in [3.63, 3.8) is 0 Å². The maximum Gasteiger partial charge on any atom is 0.325 e. The molecule has 1 N–H and O–H groups in total. The molecule has 1 unspecified atom stereocenters. The van der Waals surface area contributed by atoms with Gasteiger partial charge in [0.15, 0.2) is 5.82 Å². The fraction of sp³-hybridized carbons (Fsp3) is 0.200. The Hall–Kier alpha value is -4.08. The molecule has 30 heavy (non-hydrogen) atoms. The van der Waals surface area contributed by atoms with Gasteiger partial charge in [-0.3, -0.25) is 19.8 Å².